The predicted molar refractivity (Wildman–Crippen MR) is 63.4 cm³/mol. The number of aromatic amines is 1. The smallest absolute Gasteiger partial charge is 0.131 e. The minimum atomic E-state index is 0.744. The quantitative estimate of drug-likeness (QED) is 0.846. The van der Waals surface area contributed by atoms with Gasteiger partial charge in [-0.15, -0.1) is 0 Å². The van der Waals surface area contributed by atoms with Gasteiger partial charge in [0.15, 0.2) is 0 Å². The molecule has 78 valence electrons. The number of nitrogens with zero attached hydrogens (tertiary/aromatic N) is 2. The molecule has 0 bridgehead atoms. The highest BCUT2D eigenvalue weighted by atomic mass is 35.5. The van der Waals surface area contributed by atoms with Crippen LogP contribution in [0.4, 0.5) is 5.82 Å². The van der Waals surface area contributed by atoms with Gasteiger partial charge < -0.3 is 4.90 Å². The highest BCUT2D eigenvalue weighted by Gasteiger charge is 2.08. The first-order valence-electron chi connectivity index (χ1n) is 4.65. The van der Waals surface area contributed by atoms with Crippen molar-refractivity contribution < 1.29 is 0 Å². The predicted octanol–water partition coefficient (Wildman–Crippen LogP) is 2.80. The fraction of sp³-hybridized carbons (Fsp3) is 0.182. The van der Waals surface area contributed by atoms with Crippen LogP contribution in [0, 0.1) is 0 Å². The van der Waals surface area contributed by atoms with Gasteiger partial charge in [-0.05, 0) is 17.7 Å². The lowest BCUT2D eigenvalue weighted by Crippen LogP contribution is -2.10. The van der Waals surface area contributed by atoms with E-state index >= 15 is 0 Å². The van der Waals surface area contributed by atoms with Crippen molar-refractivity contribution in [3.05, 3.63) is 35.5 Å². The Hall–Kier alpha value is -1.48. The third-order valence-electron chi connectivity index (χ3n) is 2.22. The van der Waals surface area contributed by atoms with Crippen LogP contribution in [0.1, 0.15) is 0 Å². The molecule has 1 aromatic heterocycles. The van der Waals surface area contributed by atoms with E-state index in [-0.39, 0.29) is 0 Å². The Kier molecular flexibility index (Phi) is 2.64. The molecule has 0 aliphatic heterocycles. The Morgan fingerprint density at radius 2 is 1.87 bits per heavy atom. The minimum absolute atomic E-state index is 0.744. The lowest BCUT2D eigenvalue weighted by atomic mass is 10.1. The van der Waals surface area contributed by atoms with Crippen molar-refractivity contribution in [3.63, 3.8) is 0 Å². The molecule has 0 unspecified atom stereocenters. The summed E-state index contributed by atoms with van der Waals surface area (Å²) in [6.07, 6.45) is 1.82. The van der Waals surface area contributed by atoms with E-state index in [4.69, 9.17) is 11.6 Å². The molecule has 3 nitrogen and oxygen atoms in total. The molecule has 2 rings (SSSR count). The van der Waals surface area contributed by atoms with Gasteiger partial charge in [-0.1, -0.05) is 23.7 Å². The van der Waals surface area contributed by atoms with Gasteiger partial charge in [0.1, 0.15) is 5.82 Å². The highest BCUT2D eigenvalue weighted by molar-refractivity contribution is 6.30. The molecule has 2 aromatic rings. The van der Waals surface area contributed by atoms with Crippen molar-refractivity contribution in [1.82, 2.24) is 10.2 Å². The molecule has 0 fully saturated rings. The van der Waals surface area contributed by atoms with E-state index in [2.05, 4.69) is 10.2 Å². The van der Waals surface area contributed by atoms with Crippen molar-refractivity contribution in [2.45, 2.75) is 0 Å². The third kappa shape index (κ3) is 1.97. The number of nitrogens with one attached hydrogen (secondary N) is 1. The maximum absolute atomic E-state index is 5.84. The Bertz CT molecular complexity index is 445. The fourth-order valence-electron chi connectivity index (χ4n) is 1.46. The first kappa shape index (κ1) is 10.1. The van der Waals surface area contributed by atoms with Crippen LogP contribution < -0.4 is 4.90 Å². The molecular formula is C11H12ClN3. The van der Waals surface area contributed by atoms with Gasteiger partial charge in [0.05, 0.1) is 6.20 Å². The average Bonchev–Trinajstić information content (AvgIpc) is 2.67. The van der Waals surface area contributed by atoms with E-state index in [1.807, 2.05) is 49.5 Å². The standard InChI is InChI=1S/C11H12ClN3/c1-15(2)11-10(7-13-14-11)8-3-5-9(12)6-4-8/h3-7H,1-2H3,(H,13,14). The summed E-state index contributed by atoms with van der Waals surface area (Å²) >= 11 is 5.84. The van der Waals surface area contributed by atoms with Gasteiger partial charge in [0, 0.05) is 24.7 Å². The molecule has 4 heteroatoms. The van der Waals surface area contributed by atoms with Crippen molar-refractivity contribution in [2.75, 3.05) is 19.0 Å². The van der Waals surface area contributed by atoms with E-state index in [1.54, 1.807) is 0 Å². The van der Waals surface area contributed by atoms with Gasteiger partial charge >= 0.3 is 0 Å². The number of benzene rings is 1. The molecule has 1 aromatic carbocycles. The monoisotopic (exact) mass is 221 g/mol. The highest BCUT2D eigenvalue weighted by Crippen LogP contribution is 2.28. The number of halogens is 1. The van der Waals surface area contributed by atoms with Crippen molar-refractivity contribution in [1.29, 1.82) is 0 Å². The Morgan fingerprint density at radius 3 is 2.47 bits per heavy atom. The van der Waals surface area contributed by atoms with Crippen molar-refractivity contribution in [2.24, 2.45) is 0 Å². The number of H-pyrrole nitrogens is 1. The number of aromatic nitrogens is 2. The summed E-state index contributed by atoms with van der Waals surface area (Å²) in [5.74, 6) is 0.998. The zero-order valence-corrected chi connectivity index (χ0v) is 9.42. The van der Waals surface area contributed by atoms with Gasteiger partial charge in [0.25, 0.3) is 0 Å². The lowest BCUT2D eigenvalue weighted by Gasteiger charge is -2.11. The fourth-order valence-corrected chi connectivity index (χ4v) is 1.59. The average molecular weight is 222 g/mol. The van der Waals surface area contributed by atoms with Gasteiger partial charge in [-0.2, -0.15) is 5.10 Å². The molecule has 0 saturated carbocycles. The molecule has 0 aliphatic rings. The summed E-state index contributed by atoms with van der Waals surface area (Å²) < 4.78 is 0. The molecule has 0 aliphatic carbocycles. The van der Waals surface area contributed by atoms with E-state index < -0.39 is 0 Å². The first-order valence-corrected chi connectivity index (χ1v) is 5.03. The topological polar surface area (TPSA) is 31.9 Å². The summed E-state index contributed by atoms with van der Waals surface area (Å²) in [5.41, 5.74) is 2.19. The minimum Gasteiger partial charge on any atom is -0.363 e. The van der Waals surface area contributed by atoms with Crippen molar-refractivity contribution in [3.8, 4) is 11.1 Å². The van der Waals surface area contributed by atoms with Crippen LogP contribution in [0.15, 0.2) is 30.5 Å². The molecule has 0 radical (unpaired) electrons. The summed E-state index contributed by atoms with van der Waals surface area (Å²) in [6.45, 7) is 0. The zero-order valence-electron chi connectivity index (χ0n) is 8.66. The molecule has 0 spiro atoms. The van der Waals surface area contributed by atoms with Crippen molar-refractivity contribution >= 4 is 17.4 Å². The molecule has 0 atom stereocenters. The second-order valence-electron chi connectivity index (χ2n) is 3.53. The molecule has 1 heterocycles. The van der Waals surface area contributed by atoms with Crippen LogP contribution in [0.2, 0.25) is 5.02 Å². The van der Waals surface area contributed by atoms with Crippen LogP contribution in [0.25, 0.3) is 11.1 Å². The molecule has 15 heavy (non-hydrogen) atoms. The zero-order chi connectivity index (χ0) is 10.8. The van der Waals surface area contributed by atoms with Crippen LogP contribution in [0.3, 0.4) is 0 Å². The van der Waals surface area contributed by atoms with E-state index in [0.717, 1.165) is 22.0 Å². The number of rotatable bonds is 2. The van der Waals surface area contributed by atoms with Gasteiger partial charge in [-0.3, -0.25) is 5.10 Å². The SMILES string of the molecule is CN(C)c1[nH]ncc1-c1ccc(Cl)cc1. The normalized spacial score (nSPS) is 10.3. The summed E-state index contributed by atoms with van der Waals surface area (Å²) in [6, 6.07) is 7.73. The number of hydrogen-bond acceptors (Lipinski definition) is 2. The Labute approximate surface area is 93.7 Å². The maximum Gasteiger partial charge on any atom is 0.131 e. The van der Waals surface area contributed by atoms with Gasteiger partial charge in [0.2, 0.25) is 0 Å². The van der Waals surface area contributed by atoms with E-state index in [9.17, 15) is 0 Å². The summed E-state index contributed by atoms with van der Waals surface area (Å²) in [5, 5.41) is 7.75. The lowest BCUT2D eigenvalue weighted by molar-refractivity contribution is 1.01. The maximum atomic E-state index is 5.84. The second-order valence-corrected chi connectivity index (χ2v) is 3.97. The summed E-state index contributed by atoms with van der Waals surface area (Å²) in [7, 11) is 3.96. The Morgan fingerprint density at radius 1 is 1.20 bits per heavy atom. The number of anilines is 1. The molecule has 0 amide bonds. The largest absolute Gasteiger partial charge is 0.363 e. The van der Waals surface area contributed by atoms with Crippen LogP contribution in [-0.2, 0) is 0 Å². The van der Waals surface area contributed by atoms with Gasteiger partial charge in [-0.25, -0.2) is 0 Å². The third-order valence-corrected chi connectivity index (χ3v) is 2.47. The van der Waals surface area contributed by atoms with Crippen LogP contribution in [-0.4, -0.2) is 24.3 Å². The van der Waals surface area contributed by atoms with E-state index in [0.29, 0.717) is 0 Å². The molecular weight excluding hydrogens is 210 g/mol. The Balaban J connectivity index is 2.45. The summed E-state index contributed by atoms with van der Waals surface area (Å²) in [4.78, 5) is 2.00. The van der Waals surface area contributed by atoms with Crippen LogP contribution >= 0.6 is 11.6 Å². The number of hydrogen-bond donors (Lipinski definition) is 1. The first-order chi connectivity index (χ1) is 7.18. The molecule has 0 saturated heterocycles. The second kappa shape index (κ2) is 3.95. The van der Waals surface area contributed by atoms with Crippen LogP contribution in [0.5, 0.6) is 0 Å². The molecule has 1 N–H and O–H groups in total. The van der Waals surface area contributed by atoms with E-state index in [1.165, 1.54) is 0 Å².